The molecule has 2 aliphatic rings. The number of carbonyl (C=O) groups is 2. The van der Waals surface area contributed by atoms with E-state index in [4.69, 9.17) is 0 Å². The Hall–Kier alpha value is -1.40. The Bertz CT molecular complexity index is 544. The Morgan fingerprint density at radius 3 is 2.75 bits per heavy atom. The zero-order valence-corrected chi connectivity index (χ0v) is 12.2. The Balaban J connectivity index is 1.59. The molecule has 2 N–H and O–H groups in total. The maximum Gasteiger partial charge on any atom is 0.264 e. The molecule has 5 nitrogen and oxygen atoms in total. The molecule has 3 rings (SSSR count). The van der Waals surface area contributed by atoms with Crippen molar-refractivity contribution in [3.8, 4) is 0 Å². The van der Waals surface area contributed by atoms with E-state index in [2.05, 4.69) is 5.32 Å². The number of carbonyl (C=O) groups excluding carboxylic acids is 2. The summed E-state index contributed by atoms with van der Waals surface area (Å²) in [6.45, 7) is 2.70. The second-order valence-electron chi connectivity index (χ2n) is 5.67. The van der Waals surface area contributed by atoms with Crippen molar-refractivity contribution in [3.63, 3.8) is 0 Å². The zero-order chi connectivity index (χ0) is 14.3. The second-order valence-corrected chi connectivity index (χ2v) is 6.75. The number of likely N-dealkylation sites (tertiary alicyclic amines) is 1. The lowest BCUT2D eigenvalue weighted by Gasteiger charge is -2.45. The number of aliphatic hydroxyl groups is 1. The highest BCUT2D eigenvalue weighted by Crippen LogP contribution is 2.33. The highest BCUT2D eigenvalue weighted by Gasteiger charge is 2.42. The Labute approximate surface area is 121 Å². The molecule has 0 aromatic carbocycles. The average molecular weight is 294 g/mol. The normalized spacial score (nSPS) is 20.4. The Kier molecular flexibility index (Phi) is 3.30. The molecule has 2 amide bonds. The third-order valence-corrected chi connectivity index (χ3v) is 4.92. The monoisotopic (exact) mass is 294 g/mol. The summed E-state index contributed by atoms with van der Waals surface area (Å²) in [5.41, 5.74) is -0.712. The van der Waals surface area contributed by atoms with Crippen molar-refractivity contribution in [3.05, 3.63) is 17.0 Å². The van der Waals surface area contributed by atoms with E-state index in [1.165, 1.54) is 11.3 Å². The van der Waals surface area contributed by atoms with Crippen LogP contribution in [0.25, 0.3) is 0 Å². The van der Waals surface area contributed by atoms with E-state index < -0.39 is 5.60 Å². The van der Waals surface area contributed by atoms with Gasteiger partial charge < -0.3 is 15.3 Å². The van der Waals surface area contributed by atoms with Gasteiger partial charge in [0.15, 0.2) is 0 Å². The van der Waals surface area contributed by atoms with Crippen LogP contribution in [0, 0.1) is 5.92 Å². The largest absolute Gasteiger partial charge is 0.386 e. The molecule has 0 radical (unpaired) electrons. The molecule has 1 saturated carbocycles. The summed E-state index contributed by atoms with van der Waals surface area (Å²) in [7, 11) is 0. The predicted octanol–water partition coefficient (Wildman–Crippen LogP) is 1.69. The van der Waals surface area contributed by atoms with Gasteiger partial charge in [-0.05, 0) is 31.4 Å². The van der Waals surface area contributed by atoms with Crippen molar-refractivity contribution in [1.29, 1.82) is 0 Å². The fourth-order valence-electron chi connectivity index (χ4n) is 2.28. The summed E-state index contributed by atoms with van der Waals surface area (Å²) >= 11 is 1.30. The molecule has 20 heavy (non-hydrogen) atoms. The number of β-amino-alcohol motifs (C(OH)–C–C–N with tert-alkyl or cyclic N) is 1. The average Bonchev–Trinajstić information content (AvgIpc) is 3.15. The first-order valence-electron chi connectivity index (χ1n) is 6.93. The van der Waals surface area contributed by atoms with Crippen LogP contribution in [0.5, 0.6) is 0 Å². The van der Waals surface area contributed by atoms with Crippen molar-refractivity contribution in [1.82, 2.24) is 4.90 Å². The lowest BCUT2D eigenvalue weighted by atomic mass is 9.91. The van der Waals surface area contributed by atoms with Crippen molar-refractivity contribution in [2.24, 2.45) is 5.92 Å². The van der Waals surface area contributed by atoms with Crippen molar-refractivity contribution < 1.29 is 14.7 Å². The van der Waals surface area contributed by atoms with Crippen LogP contribution in [-0.2, 0) is 4.79 Å². The minimum Gasteiger partial charge on any atom is -0.386 e. The molecule has 0 atom stereocenters. The van der Waals surface area contributed by atoms with Crippen LogP contribution in [0.2, 0.25) is 0 Å². The van der Waals surface area contributed by atoms with E-state index in [1.807, 2.05) is 6.92 Å². The standard InChI is InChI=1S/C14H18N2O3S/c1-2-14(19)7-16(8-14)13(18)10-5-6-11(20-10)15-12(17)9-3-4-9/h5-6,9,19H,2-4,7-8H2,1H3,(H,15,17). The van der Waals surface area contributed by atoms with Crippen LogP contribution in [0.1, 0.15) is 35.9 Å². The first-order chi connectivity index (χ1) is 9.50. The summed E-state index contributed by atoms with van der Waals surface area (Å²) in [6.07, 6.45) is 2.59. The van der Waals surface area contributed by atoms with E-state index in [9.17, 15) is 14.7 Å². The summed E-state index contributed by atoms with van der Waals surface area (Å²) < 4.78 is 0. The number of hydrogen-bond donors (Lipinski definition) is 2. The van der Waals surface area contributed by atoms with Gasteiger partial charge in [-0.3, -0.25) is 9.59 Å². The minimum absolute atomic E-state index is 0.0511. The van der Waals surface area contributed by atoms with Crippen LogP contribution in [0.4, 0.5) is 5.00 Å². The predicted molar refractivity (Wildman–Crippen MR) is 76.8 cm³/mol. The first kappa shape index (κ1) is 13.6. The molecular formula is C14H18N2O3S. The molecular weight excluding hydrogens is 276 g/mol. The Morgan fingerprint density at radius 1 is 1.45 bits per heavy atom. The van der Waals surface area contributed by atoms with Crippen LogP contribution in [0.15, 0.2) is 12.1 Å². The molecule has 0 spiro atoms. The van der Waals surface area contributed by atoms with Gasteiger partial charge in [-0.15, -0.1) is 11.3 Å². The molecule has 6 heteroatoms. The van der Waals surface area contributed by atoms with Gasteiger partial charge in [0.05, 0.1) is 28.6 Å². The maximum atomic E-state index is 12.2. The smallest absolute Gasteiger partial charge is 0.264 e. The van der Waals surface area contributed by atoms with Crippen molar-refractivity contribution in [2.75, 3.05) is 18.4 Å². The molecule has 1 saturated heterocycles. The molecule has 0 unspecified atom stereocenters. The highest BCUT2D eigenvalue weighted by molar-refractivity contribution is 7.18. The van der Waals surface area contributed by atoms with Crippen molar-refractivity contribution >= 4 is 28.2 Å². The number of hydrogen-bond acceptors (Lipinski definition) is 4. The van der Waals surface area contributed by atoms with Gasteiger partial charge >= 0.3 is 0 Å². The minimum atomic E-state index is -0.712. The van der Waals surface area contributed by atoms with Crippen LogP contribution in [0.3, 0.4) is 0 Å². The summed E-state index contributed by atoms with van der Waals surface area (Å²) in [4.78, 5) is 26.1. The summed E-state index contributed by atoms with van der Waals surface area (Å²) in [6, 6.07) is 3.50. The molecule has 2 fully saturated rings. The van der Waals surface area contributed by atoms with Crippen LogP contribution < -0.4 is 5.32 Å². The molecule has 1 aliphatic heterocycles. The Morgan fingerprint density at radius 2 is 2.15 bits per heavy atom. The third kappa shape index (κ3) is 2.58. The zero-order valence-electron chi connectivity index (χ0n) is 11.4. The van der Waals surface area contributed by atoms with Gasteiger partial charge in [-0.1, -0.05) is 6.92 Å². The maximum absolute atomic E-state index is 12.2. The van der Waals surface area contributed by atoms with E-state index in [1.54, 1.807) is 17.0 Å². The third-order valence-electron chi connectivity index (χ3n) is 3.93. The summed E-state index contributed by atoms with van der Waals surface area (Å²) in [5, 5.41) is 13.5. The van der Waals surface area contributed by atoms with Gasteiger partial charge in [0.1, 0.15) is 0 Å². The van der Waals surface area contributed by atoms with Crippen LogP contribution >= 0.6 is 11.3 Å². The lowest BCUT2D eigenvalue weighted by molar-refractivity contribution is -0.117. The molecule has 1 aromatic rings. The number of anilines is 1. The number of nitrogens with zero attached hydrogens (tertiary/aromatic N) is 1. The SMILES string of the molecule is CCC1(O)CN(C(=O)c2ccc(NC(=O)C3CC3)s2)C1. The van der Waals surface area contributed by atoms with Gasteiger partial charge in [-0.2, -0.15) is 0 Å². The van der Waals surface area contributed by atoms with E-state index >= 15 is 0 Å². The number of amides is 2. The number of rotatable bonds is 4. The van der Waals surface area contributed by atoms with Gasteiger partial charge in [0.25, 0.3) is 5.91 Å². The number of thiophene rings is 1. The quantitative estimate of drug-likeness (QED) is 0.888. The topological polar surface area (TPSA) is 69.6 Å². The van der Waals surface area contributed by atoms with Gasteiger partial charge in [-0.25, -0.2) is 0 Å². The van der Waals surface area contributed by atoms with Gasteiger partial charge in [0.2, 0.25) is 5.91 Å². The molecule has 1 aliphatic carbocycles. The number of nitrogens with one attached hydrogen (secondary N) is 1. The highest BCUT2D eigenvalue weighted by atomic mass is 32.1. The lowest BCUT2D eigenvalue weighted by Crippen LogP contribution is -2.63. The molecule has 1 aromatic heterocycles. The summed E-state index contributed by atoms with van der Waals surface area (Å²) in [5.74, 6) is 0.140. The fourth-order valence-corrected chi connectivity index (χ4v) is 3.15. The van der Waals surface area contributed by atoms with E-state index in [0.29, 0.717) is 24.4 Å². The second kappa shape index (κ2) is 4.86. The molecule has 2 heterocycles. The van der Waals surface area contributed by atoms with E-state index in [-0.39, 0.29) is 17.7 Å². The molecule has 108 valence electrons. The molecule has 0 bridgehead atoms. The fraction of sp³-hybridized carbons (Fsp3) is 0.571. The van der Waals surface area contributed by atoms with E-state index in [0.717, 1.165) is 17.8 Å². The van der Waals surface area contributed by atoms with Crippen molar-refractivity contribution in [2.45, 2.75) is 31.8 Å². The van der Waals surface area contributed by atoms with Crippen LogP contribution in [-0.4, -0.2) is 40.5 Å². The van der Waals surface area contributed by atoms with Gasteiger partial charge in [0, 0.05) is 5.92 Å². The first-order valence-corrected chi connectivity index (χ1v) is 7.75.